The number of methoxy groups -OCH3 is 1. The quantitative estimate of drug-likeness (QED) is 0.838. The van der Waals surface area contributed by atoms with E-state index in [0.717, 1.165) is 17.7 Å². The van der Waals surface area contributed by atoms with E-state index in [9.17, 15) is 8.42 Å². The summed E-state index contributed by atoms with van der Waals surface area (Å²) in [5.41, 5.74) is 1.05. The Balaban J connectivity index is 1.58. The molecule has 25 heavy (non-hydrogen) atoms. The van der Waals surface area contributed by atoms with E-state index in [-0.39, 0.29) is 17.6 Å². The maximum atomic E-state index is 13.0. The second-order valence-corrected chi connectivity index (χ2v) is 8.04. The van der Waals surface area contributed by atoms with Crippen molar-refractivity contribution in [2.24, 2.45) is 0 Å². The summed E-state index contributed by atoms with van der Waals surface area (Å²) in [6.45, 7) is 1.05. The van der Waals surface area contributed by atoms with Gasteiger partial charge in [-0.15, -0.1) is 0 Å². The first-order chi connectivity index (χ1) is 12.1. The maximum Gasteiger partial charge on any atom is 0.243 e. The lowest BCUT2D eigenvalue weighted by molar-refractivity contribution is 0.174. The number of hydrogen-bond donors (Lipinski definition) is 0. The SMILES string of the molecule is COc1ccccc1[C@H]1CCN(S(=O)(=O)c2ccc3c(c2)OCO3)C1. The molecule has 2 aromatic carbocycles. The molecule has 132 valence electrons. The molecule has 0 unspecified atom stereocenters. The number of nitrogens with zero attached hydrogens (tertiary/aromatic N) is 1. The normalized spacial score (nSPS) is 20.0. The van der Waals surface area contributed by atoms with Gasteiger partial charge in [0.25, 0.3) is 0 Å². The van der Waals surface area contributed by atoms with Crippen LogP contribution < -0.4 is 14.2 Å². The Bertz CT molecular complexity index is 896. The van der Waals surface area contributed by atoms with E-state index in [2.05, 4.69) is 0 Å². The highest BCUT2D eigenvalue weighted by Gasteiger charge is 2.35. The second-order valence-electron chi connectivity index (χ2n) is 6.11. The van der Waals surface area contributed by atoms with E-state index in [0.29, 0.717) is 24.6 Å². The molecular weight excluding hydrogens is 342 g/mol. The van der Waals surface area contributed by atoms with Gasteiger partial charge in [0.2, 0.25) is 16.8 Å². The summed E-state index contributed by atoms with van der Waals surface area (Å²) in [7, 11) is -1.93. The van der Waals surface area contributed by atoms with Gasteiger partial charge in [-0.3, -0.25) is 0 Å². The van der Waals surface area contributed by atoms with Crippen molar-refractivity contribution >= 4 is 10.0 Å². The maximum absolute atomic E-state index is 13.0. The summed E-state index contributed by atoms with van der Waals surface area (Å²) in [6.07, 6.45) is 0.768. The van der Waals surface area contributed by atoms with Crippen LogP contribution in [0.3, 0.4) is 0 Å². The van der Waals surface area contributed by atoms with Crippen molar-refractivity contribution in [1.82, 2.24) is 4.31 Å². The number of benzene rings is 2. The lowest BCUT2D eigenvalue weighted by atomic mass is 9.97. The Morgan fingerprint density at radius 3 is 2.76 bits per heavy atom. The van der Waals surface area contributed by atoms with Crippen molar-refractivity contribution in [1.29, 1.82) is 0 Å². The number of ether oxygens (including phenoxy) is 3. The molecule has 2 aliphatic heterocycles. The van der Waals surface area contributed by atoms with Crippen molar-refractivity contribution in [2.75, 3.05) is 27.0 Å². The third-order valence-corrected chi connectivity index (χ3v) is 6.57. The smallest absolute Gasteiger partial charge is 0.243 e. The number of para-hydroxylation sites is 1. The number of hydrogen-bond acceptors (Lipinski definition) is 5. The molecule has 1 fully saturated rings. The van der Waals surface area contributed by atoms with Crippen LogP contribution in [-0.2, 0) is 10.0 Å². The van der Waals surface area contributed by atoms with Gasteiger partial charge in [0.05, 0.1) is 12.0 Å². The van der Waals surface area contributed by atoms with Gasteiger partial charge in [-0.1, -0.05) is 18.2 Å². The lowest BCUT2D eigenvalue weighted by Gasteiger charge is -2.18. The van der Waals surface area contributed by atoms with Crippen molar-refractivity contribution in [3.8, 4) is 17.2 Å². The number of fused-ring (bicyclic) bond motifs is 1. The standard InChI is InChI=1S/C18H19NO5S/c1-22-16-5-3-2-4-15(16)13-8-9-19(11-13)25(20,21)14-6-7-17-18(10-14)24-12-23-17/h2-7,10,13H,8-9,11-12H2,1H3/t13-/m0/s1. The van der Waals surface area contributed by atoms with Crippen LogP contribution in [0.25, 0.3) is 0 Å². The monoisotopic (exact) mass is 361 g/mol. The summed E-state index contributed by atoms with van der Waals surface area (Å²) in [5, 5.41) is 0. The van der Waals surface area contributed by atoms with Crippen LogP contribution >= 0.6 is 0 Å². The minimum Gasteiger partial charge on any atom is -0.496 e. The van der Waals surface area contributed by atoms with Crippen molar-refractivity contribution in [3.63, 3.8) is 0 Å². The Morgan fingerprint density at radius 1 is 1.12 bits per heavy atom. The van der Waals surface area contributed by atoms with Crippen LogP contribution in [0.2, 0.25) is 0 Å². The van der Waals surface area contributed by atoms with E-state index in [1.54, 1.807) is 19.2 Å². The molecule has 4 rings (SSSR count). The van der Waals surface area contributed by atoms with E-state index >= 15 is 0 Å². The fraction of sp³-hybridized carbons (Fsp3) is 0.333. The molecule has 0 aliphatic carbocycles. The molecule has 0 N–H and O–H groups in total. The molecule has 1 saturated heterocycles. The van der Waals surface area contributed by atoms with Crippen molar-refractivity contribution in [3.05, 3.63) is 48.0 Å². The van der Waals surface area contributed by atoms with E-state index < -0.39 is 10.0 Å². The van der Waals surface area contributed by atoms with Gasteiger partial charge in [-0.05, 0) is 30.2 Å². The lowest BCUT2D eigenvalue weighted by Crippen LogP contribution is -2.28. The fourth-order valence-electron chi connectivity index (χ4n) is 3.39. The Kier molecular flexibility index (Phi) is 4.05. The summed E-state index contributed by atoms with van der Waals surface area (Å²) in [4.78, 5) is 0.234. The van der Waals surface area contributed by atoms with Crippen LogP contribution in [0.5, 0.6) is 17.2 Å². The van der Waals surface area contributed by atoms with E-state index in [1.165, 1.54) is 10.4 Å². The zero-order valence-corrected chi connectivity index (χ0v) is 14.7. The van der Waals surface area contributed by atoms with Gasteiger partial charge in [0, 0.05) is 25.1 Å². The van der Waals surface area contributed by atoms with Gasteiger partial charge in [0.15, 0.2) is 11.5 Å². The molecular formula is C18H19NO5S. The minimum atomic E-state index is -3.56. The van der Waals surface area contributed by atoms with Crippen LogP contribution in [0.4, 0.5) is 0 Å². The molecule has 7 heteroatoms. The predicted octanol–water partition coefficient (Wildman–Crippen LogP) is 2.60. The molecule has 6 nitrogen and oxygen atoms in total. The zero-order valence-electron chi connectivity index (χ0n) is 13.8. The topological polar surface area (TPSA) is 65.1 Å². The first kappa shape index (κ1) is 16.2. The Morgan fingerprint density at radius 2 is 1.92 bits per heavy atom. The van der Waals surface area contributed by atoms with Gasteiger partial charge >= 0.3 is 0 Å². The minimum absolute atomic E-state index is 0.123. The molecule has 2 heterocycles. The van der Waals surface area contributed by atoms with E-state index in [4.69, 9.17) is 14.2 Å². The molecule has 0 aromatic heterocycles. The Hall–Kier alpha value is -2.25. The van der Waals surface area contributed by atoms with Crippen LogP contribution in [0.1, 0.15) is 17.9 Å². The number of sulfonamides is 1. The number of rotatable bonds is 4. The fourth-order valence-corrected chi connectivity index (χ4v) is 4.91. The van der Waals surface area contributed by atoms with Crippen LogP contribution in [-0.4, -0.2) is 39.7 Å². The molecule has 2 aliphatic rings. The summed E-state index contributed by atoms with van der Waals surface area (Å²) in [6, 6.07) is 12.5. The summed E-state index contributed by atoms with van der Waals surface area (Å²) < 4.78 is 43.4. The molecule has 0 amide bonds. The first-order valence-electron chi connectivity index (χ1n) is 8.12. The molecule has 0 bridgehead atoms. The third kappa shape index (κ3) is 2.83. The highest BCUT2D eigenvalue weighted by Crippen LogP contribution is 2.38. The highest BCUT2D eigenvalue weighted by molar-refractivity contribution is 7.89. The Labute approximate surface area is 147 Å². The summed E-state index contributed by atoms with van der Waals surface area (Å²) >= 11 is 0. The average Bonchev–Trinajstić information content (AvgIpc) is 3.30. The molecule has 0 spiro atoms. The van der Waals surface area contributed by atoms with Gasteiger partial charge in [-0.25, -0.2) is 8.42 Å². The molecule has 0 saturated carbocycles. The second kappa shape index (κ2) is 6.24. The first-order valence-corrected chi connectivity index (χ1v) is 9.56. The zero-order chi connectivity index (χ0) is 17.4. The highest BCUT2D eigenvalue weighted by atomic mass is 32.2. The van der Waals surface area contributed by atoms with Crippen LogP contribution in [0, 0.1) is 0 Å². The average molecular weight is 361 g/mol. The van der Waals surface area contributed by atoms with Crippen molar-refractivity contribution < 1.29 is 22.6 Å². The van der Waals surface area contributed by atoms with Gasteiger partial charge in [-0.2, -0.15) is 4.31 Å². The molecule has 2 aromatic rings. The third-order valence-electron chi connectivity index (χ3n) is 4.71. The molecule has 1 atom stereocenters. The van der Waals surface area contributed by atoms with Gasteiger partial charge < -0.3 is 14.2 Å². The van der Waals surface area contributed by atoms with Crippen molar-refractivity contribution in [2.45, 2.75) is 17.2 Å². The summed E-state index contributed by atoms with van der Waals surface area (Å²) in [5.74, 6) is 1.98. The predicted molar refractivity (Wildman–Crippen MR) is 91.7 cm³/mol. The van der Waals surface area contributed by atoms with E-state index in [1.807, 2.05) is 24.3 Å². The van der Waals surface area contributed by atoms with Crippen LogP contribution in [0.15, 0.2) is 47.4 Å². The van der Waals surface area contributed by atoms with Gasteiger partial charge in [0.1, 0.15) is 5.75 Å². The largest absolute Gasteiger partial charge is 0.496 e. The molecule has 0 radical (unpaired) electrons.